The van der Waals surface area contributed by atoms with Gasteiger partial charge in [-0.1, -0.05) is 42.3 Å². The molecule has 1 saturated heterocycles. The smallest absolute Gasteiger partial charge is 0.271 e. The Morgan fingerprint density at radius 3 is 2.39 bits per heavy atom. The lowest BCUT2D eigenvalue weighted by atomic mass is 9.85. The molecule has 0 radical (unpaired) electrons. The average Bonchev–Trinajstić information content (AvgIpc) is 3.01. The molecule has 41 heavy (non-hydrogen) atoms. The lowest BCUT2D eigenvalue weighted by Crippen LogP contribution is -2.54. The third-order valence-electron chi connectivity index (χ3n) is 7.72. The number of halogens is 2. The molecule has 5 rings (SSSR count). The molecule has 218 valence electrons. The number of carbonyl (C=O) groups excluding carboxylic acids is 1. The van der Waals surface area contributed by atoms with Gasteiger partial charge in [-0.3, -0.25) is 19.7 Å². The predicted octanol–water partition coefficient (Wildman–Crippen LogP) is 2.93. The molecule has 0 bridgehead atoms. The SMILES string of the molecule is CCN1CCN(CC2=CNC(N(N)C(=O)C3=CC=C(c4c(Cl)c(OC)cc(OC)c4Cl)C4NC=CN=C34)C=C2)CC1. The number of likely N-dealkylation sites (N-methyl/N-ethyl adjacent to an activating group) is 1. The first kappa shape index (κ1) is 29.2. The largest absolute Gasteiger partial charge is 0.495 e. The van der Waals surface area contributed by atoms with Crippen molar-refractivity contribution < 1.29 is 14.3 Å². The van der Waals surface area contributed by atoms with E-state index in [9.17, 15) is 4.79 Å². The summed E-state index contributed by atoms with van der Waals surface area (Å²) < 4.78 is 10.9. The predicted molar refractivity (Wildman–Crippen MR) is 163 cm³/mol. The maximum Gasteiger partial charge on any atom is 0.271 e. The number of ether oxygens (including phenoxy) is 2. The van der Waals surface area contributed by atoms with Crippen molar-refractivity contribution in [3.8, 4) is 11.5 Å². The van der Waals surface area contributed by atoms with E-state index in [-0.39, 0.29) is 5.91 Å². The van der Waals surface area contributed by atoms with Crippen LogP contribution in [0.1, 0.15) is 12.5 Å². The Morgan fingerprint density at radius 1 is 1.10 bits per heavy atom. The van der Waals surface area contributed by atoms with Crippen molar-refractivity contribution in [3.63, 3.8) is 0 Å². The van der Waals surface area contributed by atoms with Crippen LogP contribution >= 0.6 is 23.2 Å². The van der Waals surface area contributed by atoms with E-state index in [0.29, 0.717) is 44.0 Å². The monoisotopic (exact) mass is 599 g/mol. The zero-order valence-corrected chi connectivity index (χ0v) is 24.9. The minimum Gasteiger partial charge on any atom is -0.495 e. The number of hydrazine groups is 1. The Kier molecular flexibility index (Phi) is 9.06. The topological polar surface area (TPSA) is 108 Å². The first-order valence-electron chi connectivity index (χ1n) is 13.5. The van der Waals surface area contributed by atoms with Crippen LogP contribution in [0.4, 0.5) is 0 Å². The normalized spacial score (nSPS) is 22.4. The van der Waals surface area contributed by atoms with Gasteiger partial charge in [0.1, 0.15) is 17.7 Å². The van der Waals surface area contributed by atoms with Crippen molar-refractivity contribution in [1.82, 2.24) is 25.4 Å². The van der Waals surface area contributed by atoms with E-state index in [1.54, 1.807) is 30.6 Å². The van der Waals surface area contributed by atoms with Crippen LogP contribution in [0.2, 0.25) is 10.0 Å². The first-order chi connectivity index (χ1) is 19.9. The zero-order valence-electron chi connectivity index (χ0n) is 23.4. The van der Waals surface area contributed by atoms with Crippen LogP contribution in [0.25, 0.3) is 5.57 Å². The number of rotatable bonds is 8. The molecule has 3 heterocycles. The van der Waals surface area contributed by atoms with Gasteiger partial charge in [0.2, 0.25) is 0 Å². The molecule has 3 aliphatic heterocycles. The van der Waals surface area contributed by atoms with Gasteiger partial charge < -0.3 is 25.0 Å². The van der Waals surface area contributed by atoms with E-state index < -0.39 is 12.2 Å². The summed E-state index contributed by atoms with van der Waals surface area (Å²) >= 11 is 13.4. The minimum absolute atomic E-state index is 0.329. The number of nitrogens with zero attached hydrogens (tertiary/aromatic N) is 4. The number of nitrogens with two attached hydrogens (primary N) is 1. The Balaban J connectivity index is 1.34. The molecule has 1 aliphatic carbocycles. The number of amides is 1. The van der Waals surface area contributed by atoms with Gasteiger partial charge >= 0.3 is 0 Å². The number of piperazine rings is 1. The van der Waals surface area contributed by atoms with Gasteiger partial charge in [0.25, 0.3) is 5.91 Å². The number of fused-ring (bicyclic) bond motifs is 1. The van der Waals surface area contributed by atoms with E-state index in [2.05, 4.69) is 32.3 Å². The van der Waals surface area contributed by atoms with Gasteiger partial charge in [0.15, 0.2) is 0 Å². The Labute approximate surface area is 250 Å². The van der Waals surface area contributed by atoms with Crippen LogP contribution < -0.4 is 25.9 Å². The van der Waals surface area contributed by atoms with Crippen LogP contribution in [0.3, 0.4) is 0 Å². The van der Waals surface area contributed by atoms with Gasteiger partial charge in [0, 0.05) is 63.0 Å². The Hall–Kier alpha value is -3.28. The van der Waals surface area contributed by atoms with E-state index in [0.717, 1.165) is 44.8 Å². The molecule has 2 atom stereocenters. The van der Waals surface area contributed by atoms with Crippen molar-refractivity contribution in [3.05, 3.63) is 75.7 Å². The Bertz CT molecular complexity index is 1350. The summed E-state index contributed by atoms with van der Waals surface area (Å²) in [7, 11) is 3.04. The minimum atomic E-state index is -0.507. The molecule has 0 aromatic heterocycles. The number of benzene rings is 1. The summed E-state index contributed by atoms with van der Waals surface area (Å²) in [6, 6.07) is 1.13. The molecule has 2 unspecified atom stereocenters. The molecular formula is C29H35Cl2N7O3. The van der Waals surface area contributed by atoms with E-state index in [4.69, 9.17) is 38.5 Å². The molecular weight excluding hydrogens is 565 g/mol. The van der Waals surface area contributed by atoms with Crippen molar-refractivity contribution in [2.45, 2.75) is 19.1 Å². The summed E-state index contributed by atoms with van der Waals surface area (Å²) in [6.45, 7) is 8.38. The van der Waals surface area contributed by atoms with Crippen LogP contribution in [-0.2, 0) is 4.79 Å². The fourth-order valence-electron chi connectivity index (χ4n) is 5.34. The fraction of sp³-hybridized carbons (Fsp3) is 0.379. The Morgan fingerprint density at radius 2 is 1.78 bits per heavy atom. The third-order valence-corrected chi connectivity index (χ3v) is 8.47. The van der Waals surface area contributed by atoms with Crippen LogP contribution in [0.5, 0.6) is 11.5 Å². The van der Waals surface area contributed by atoms with Crippen molar-refractivity contribution in [2.75, 3.05) is 53.5 Å². The van der Waals surface area contributed by atoms with Crippen LogP contribution in [0, 0.1) is 0 Å². The number of hydrogen-bond donors (Lipinski definition) is 3. The van der Waals surface area contributed by atoms with E-state index in [1.807, 2.05) is 18.4 Å². The molecule has 10 nitrogen and oxygen atoms in total. The first-order valence-corrected chi connectivity index (χ1v) is 14.3. The highest BCUT2D eigenvalue weighted by atomic mass is 35.5. The summed E-state index contributed by atoms with van der Waals surface area (Å²) in [6.07, 6.45) is 12.1. The van der Waals surface area contributed by atoms with Crippen LogP contribution in [0.15, 0.2) is 65.1 Å². The van der Waals surface area contributed by atoms with Gasteiger partial charge in [0.05, 0.1) is 41.6 Å². The highest BCUT2D eigenvalue weighted by molar-refractivity contribution is 6.40. The summed E-state index contributed by atoms with van der Waals surface area (Å²) in [5, 5.41) is 8.38. The molecule has 1 amide bonds. The summed E-state index contributed by atoms with van der Waals surface area (Å²) in [5.41, 5.74) is 3.25. The molecule has 4 aliphatic rings. The van der Waals surface area contributed by atoms with Crippen molar-refractivity contribution in [2.24, 2.45) is 10.8 Å². The maximum atomic E-state index is 13.7. The third kappa shape index (κ3) is 5.89. The molecule has 1 fully saturated rings. The molecule has 12 heteroatoms. The van der Waals surface area contributed by atoms with Gasteiger partial charge in [-0.05, 0) is 29.8 Å². The summed E-state index contributed by atoms with van der Waals surface area (Å²) in [4.78, 5) is 23.1. The van der Waals surface area contributed by atoms with Gasteiger partial charge in [-0.2, -0.15) is 0 Å². The highest BCUT2D eigenvalue weighted by Crippen LogP contribution is 2.45. The molecule has 0 saturated carbocycles. The number of nitrogens with one attached hydrogen (secondary N) is 2. The molecule has 1 aromatic carbocycles. The molecule has 1 aromatic rings. The maximum absolute atomic E-state index is 13.7. The second-order valence-corrected chi connectivity index (χ2v) is 10.8. The number of hydrogen-bond acceptors (Lipinski definition) is 9. The van der Waals surface area contributed by atoms with E-state index in [1.165, 1.54) is 19.2 Å². The number of allylic oxidation sites excluding steroid dienone is 2. The highest BCUT2D eigenvalue weighted by Gasteiger charge is 2.36. The number of methoxy groups -OCH3 is 2. The van der Waals surface area contributed by atoms with Crippen molar-refractivity contribution in [1.29, 1.82) is 0 Å². The lowest BCUT2D eigenvalue weighted by molar-refractivity contribution is -0.128. The quantitative estimate of drug-likeness (QED) is 0.238. The number of dihydropyridines is 1. The van der Waals surface area contributed by atoms with Crippen molar-refractivity contribution >= 4 is 40.4 Å². The molecule has 4 N–H and O–H groups in total. The van der Waals surface area contributed by atoms with Gasteiger partial charge in [-0.25, -0.2) is 5.84 Å². The number of aliphatic imine (C=N–C) groups is 1. The second kappa shape index (κ2) is 12.7. The number of carbonyl (C=O) groups is 1. The zero-order chi connectivity index (χ0) is 29.1. The fourth-order valence-corrected chi connectivity index (χ4v) is 6.06. The average molecular weight is 601 g/mol. The van der Waals surface area contributed by atoms with Gasteiger partial charge in [-0.15, -0.1) is 0 Å². The molecule has 0 spiro atoms. The summed E-state index contributed by atoms with van der Waals surface area (Å²) in [5.74, 6) is 6.82. The standard InChI is InChI=1S/C29H35Cl2N7O3/c1-4-36-11-13-37(14-12-36)17-18-5-8-23(35-16-18)38(32)29(39)20-7-6-19(27-28(20)34-10-9-33-27)24-25(30)21(40-2)15-22(41-3)26(24)31/h5-10,15-16,23,27,33,35H,4,11-14,17,32H2,1-3H3. The lowest BCUT2D eigenvalue weighted by Gasteiger charge is -2.35. The van der Waals surface area contributed by atoms with E-state index >= 15 is 0 Å². The second-order valence-electron chi connectivity index (χ2n) is 10.0. The van der Waals surface area contributed by atoms with Crippen LogP contribution in [-0.4, -0.2) is 92.1 Å².